The zero-order valence-corrected chi connectivity index (χ0v) is 13.0. The Balaban J connectivity index is 1.78. The van der Waals surface area contributed by atoms with Crippen molar-refractivity contribution in [2.75, 3.05) is 6.61 Å². The molecule has 0 bridgehead atoms. The predicted octanol–water partition coefficient (Wildman–Crippen LogP) is 2.61. The van der Waals surface area contributed by atoms with Crippen LogP contribution in [-0.2, 0) is 0 Å². The summed E-state index contributed by atoms with van der Waals surface area (Å²) in [4.78, 5) is 17.2. The first-order valence-electron chi connectivity index (χ1n) is 7.05. The minimum absolute atomic E-state index is 0.0224. The number of pyridine rings is 1. The Morgan fingerprint density at radius 1 is 1.41 bits per heavy atom. The zero-order chi connectivity index (χ0) is 15.5. The minimum Gasteiger partial charge on any atom is -0.493 e. The van der Waals surface area contributed by atoms with Crippen molar-refractivity contribution in [3.05, 3.63) is 53.3 Å². The van der Waals surface area contributed by atoms with E-state index >= 15 is 0 Å². The molecule has 1 aliphatic heterocycles. The number of aromatic nitrogens is 1. The fraction of sp³-hybridized carbons (Fsp3) is 0.250. The van der Waals surface area contributed by atoms with Crippen molar-refractivity contribution < 1.29 is 9.53 Å². The van der Waals surface area contributed by atoms with Crippen molar-refractivity contribution in [3.8, 4) is 5.75 Å². The number of rotatable bonds is 3. The Hall–Kier alpha value is -2.05. The first-order valence-corrected chi connectivity index (χ1v) is 7.87. The number of carbonyl (C=O) groups is 1. The van der Waals surface area contributed by atoms with Crippen molar-refractivity contribution in [3.63, 3.8) is 0 Å². The summed E-state index contributed by atoms with van der Waals surface area (Å²) >= 11 is 1.26. The molecule has 0 radical (unpaired) electrons. The molecule has 1 unspecified atom stereocenters. The van der Waals surface area contributed by atoms with Crippen LogP contribution in [0.25, 0.3) is 0 Å². The average molecular weight is 315 g/mol. The summed E-state index contributed by atoms with van der Waals surface area (Å²) in [5, 5.41) is 0. The van der Waals surface area contributed by atoms with Gasteiger partial charge in [0.05, 0.1) is 6.61 Å². The standard InChI is InChI=1S/C16H17N3O2S/c1-10-8-13-14(17)4-7-21-15(13)9-12(10)16(20)19-22-11-2-5-18-6-3-11/h2-3,5-6,8-9,14H,4,7,17H2,1H3,(H,19,20). The Morgan fingerprint density at radius 3 is 2.95 bits per heavy atom. The Bertz CT molecular complexity index is 691. The molecule has 0 fully saturated rings. The molecule has 0 aliphatic carbocycles. The molecule has 5 nitrogen and oxygen atoms in total. The minimum atomic E-state index is -0.148. The summed E-state index contributed by atoms with van der Waals surface area (Å²) in [5.41, 5.74) is 8.56. The van der Waals surface area contributed by atoms with Gasteiger partial charge in [0.25, 0.3) is 5.91 Å². The summed E-state index contributed by atoms with van der Waals surface area (Å²) in [6.45, 7) is 2.50. The van der Waals surface area contributed by atoms with Gasteiger partial charge in [0.1, 0.15) is 5.75 Å². The quantitative estimate of drug-likeness (QED) is 0.851. The van der Waals surface area contributed by atoms with Crippen molar-refractivity contribution in [2.45, 2.75) is 24.3 Å². The Kier molecular flexibility index (Phi) is 4.31. The fourth-order valence-electron chi connectivity index (χ4n) is 2.39. The summed E-state index contributed by atoms with van der Waals surface area (Å²) in [5.74, 6) is 0.563. The van der Waals surface area contributed by atoms with Crippen LogP contribution in [0.5, 0.6) is 5.75 Å². The van der Waals surface area contributed by atoms with Gasteiger partial charge in [-0.1, -0.05) is 6.07 Å². The van der Waals surface area contributed by atoms with E-state index in [2.05, 4.69) is 9.71 Å². The molecule has 1 aromatic carbocycles. The third-order valence-corrected chi connectivity index (χ3v) is 4.39. The smallest absolute Gasteiger partial charge is 0.261 e. The molecule has 3 N–H and O–H groups in total. The molecule has 1 aromatic heterocycles. The molecule has 0 spiro atoms. The van der Waals surface area contributed by atoms with Gasteiger partial charge in [-0.3, -0.25) is 14.5 Å². The number of carbonyl (C=O) groups excluding carboxylic acids is 1. The number of benzene rings is 1. The second-order valence-electron chi connectivity index (χ2n) is 5.16. The number of aryl methyl sites for hydroxylation is 1. The maximum atomic E-state index is 12.4. The largest absolute Gasteiger partial charge is 0.493 e. The third-order valence-electron chi connectivity index (χ3n) is 3.60. The number of nitrogens with zero attached hydrogens (tertiary/aromatic N) is 1. The van der Waals surface area contributed by atoms with E-state index in [1.807, 2.05) is 25.1 Å². The number of hydrogen-bond acceptors (Lipinski definition) is 5. The second kappa shape index (κ2) is 6.37. The Labute approximate surface area is 133 Å². The van der Waals surface area contributed by atoms with Crippen molar-refractivity contribution in [1.82, 2.24) is 9.71 Å². The first-order chi connectivity index (χ1) is 10.6. The van der Waals surface area contributed by atoms with Gasteiger partial charge in [0, 0.05) is 40.9 Å². The van der Waals surface area contributed by atoms with E-state index in [0.29, 0.717) is 17.9 Å². The van der Waals surface area contributed by atoms with Crippen LogP contribution < -0.4 is 15.2 Å². The third kappa shape index (κ3) is 3.08. The average Bonchev–Trinajstić information content (AvgIpc) is 2.54. The van der Waals surface area contributed by atoms with Crippen LogP contribution in [0.3, 0.4) is 0 Å². The van der Waals surface area contributed by atoms with E-state index < -0.39 is 0 Å². The van der Waals surface area contributed by atoms with E-state index in [9.17, 15) is 4.79 Å². The highest BCUT2D eigenvalue weighted by atomic mass is 32.2. The maximum Gasteiger partial charge on any atom is 0.261 e. The van der Waals surface area contributed by atoms with E-state index in [0.717, 1.165) is 22.4 Å². The molecule has 2 heterocycles. The second-order valence-corrected chi connectivity index (χ2v) is 6.04. The molecule has 0 saturated heterocycles. The van der Waals surface area contributed by atoms with E-state index in [-0.39, 0.29) is 11.9 Å². The van der Waals surface area contributed by atoms with Crippen LogP contribution in [0, 0.1) is 6.92 Å². The van der Waals surface area contributed by atoms with Crippen LogP contribution in [0.2, 0.25) is 0 Å². The highest BCUT2D eigenvalue weighted by Gasteiger charge is 2.21. The van der Waals surface area contributed by atoms with Crippen LogP contribution in [0.15, 0.2) is 41.6 Å². The summed E-state index contributed by atoms with van der Waals surface area (Å²) < 4.78 is 8.46. The lowest BCUT2D eigenvalue weighted by atomic mass is 9.96. The number of ether oxygens (including phenoxy) is 1. The molecule has 6 heteroatoms. The molecule has 2 aromatic rings. The zero-order valence-electron chi connectivity index (χ0n) is 12.2. The lowest BCUT2D eigenvalue weighted by Crippen LogP contribution is -2.23. The molecule has 114 valence electrons. The molecule has 0 saturated carbocycles. The van der Waals surface area contributed by atoms with E-state index in [1.54, 1.807) is 18.5 Å². The maximum absolute atomic E-state index is 12.4. The molecule has 1 aliphatic rings. The SMILES string of the molecule is Cc1cc2c(cc1C(=O)NSc1ccncc1)OCCC2N. The summed E-state index contributed by atoms with van der Waals surface area (Å²) in [6, 6.07) is 7.39. The van der Waals surface area contributed by atoms with Crippen LogP contribution in [-0.4, -0.2) is 17.5 Å². The first kappa shape index (κ1) is 14.9. The monoisotopic (exact) mass is 315 g/mol. The van der Waals surface area contributed by atoms with E-state index in [4.69, 9.17) is 10.5 Å². The number of nitrogens with one attached hydrogen (secondary N) is 1. The normalized spacial score (nSPS) is 16.5. The van der Waals surface area contributed by atoms with Gasteiger partial charge in [-0.15, -0.1) is 0 Å². The highest BCUT2D eigenvalue weighted by Crippen LogP contribution is 2.33. The molecule has 22 heavy (non-hydrogen) atoms. The molecule has 1 atom stereocenters. The predicted molar refractivity (Wildman–Crippen MR) is 85.8 cm³/mol. The van der Waals surface area contributed by atoms with Crippen LogP contribution >= 0.6 is 11.9 Å². The van der Waals surface area contributed by atoms with Crippen LogP contribution in [0.4, 0.5) is 0 Å². The number of amides is 1. The van der Waals surface area contributed by atoms with Gasteiger partial charge in [0.15, 0.2) is 0 Å². The summed E-state index contributed by atoms with van der Waals surface area (Å²) in [7, 11) is 0. The topological polar surface area (TPSA) is 77.2 Å². The van der Waals surface area contributed by atoms with Crippen molar-refractivity contribution in [2.24, 2.45) is 5.73 Å². The lowest BCUT2D eigenvalue weighted by molar-refractivity contribution is 0.0983. The molecular formula is C16H17N3O2S. The van der Waals surface area contributed by atoms with Gasteiger partial charge in [-0.25, -0.2) is 0 Å². The number of nitrogens with two attached hydrogens (primary N) is 1. The molecule has 3 rings (SSSR count). The van der Waals surface area contributed by atoms with Gasteiger partial charge in [0.2, 0.25) is 0 Å². The highest BCUT2D eigenvalue weighted by molar-refractivity contribution is 7.98. The van der Waals surface area contributed by atoms with Gasteiger partial charge in [-0.05, 0) is 42.6 Å². The Morgan fingerprint density at radius 2 is 2.18 bits per heavy atom. The number of fused-ring (bicyclic) bond motifs is 1. The van der Waals surface area contributed by atoms with Gasteiger partial charge >= 0.3 is 0 Å². The van der Waals surface area contributed by atoms with Crippen LogP contribution in [0.1, 0.15) is 33.9 Å². The van der Waals surface area contributed by atoms with Crippen molar-refractivity contribution >= 4 is 17.9 Å². The number of hydrogen-bond donors (Lipinski definition) is 2. The fourth-order valence-corrected chi connectivity index (χ4v) is 2.97. The van der Waals surface area contributed by atoms with Gasteiger partial charge in [-0.2, -0.15) is 0 Å². The van der Waals surface area contributed by atoms with Gasteiger partial charge < -0.3 is 10.5 Å². The molecular weight excluding hydrogens is 298 g/mol. The van der Waals surface area contributed by atoms with Crippen molar-refractivity contribution in [1.29, 1.82) is 0 Å². The summed E-state index contributed by atoms with van der Waals surface area (Å²) in [6.07, 6.45) is 4.18. The molecule has 1 amide bonds. The van der Waals surface area contributed by atoms with E-state index in [1.165, 1.54) is 11.9 Å². The lowest BCUT2D eigenvalue weighted by Gasteiger charge is -2.24.